The Hall–Kier alpha value is -3.42. The Morgan fingerprint density at radius 3 is 2.58 bits per heavy atom. The molecule has 166 valence electrons. The topological polar surface area (TPSA) is 66.8 Å². The molecule has 1 amide bonds. The first-order valence-electron chi connectivity index (χ1n) is 10.4. The summed E-state index contributed by atoms with van der Waals surface area (Å²) in [6.45, 7) is 1.89. The van der Waals surface area contributed by atoms with E-state index >= 15 is 0 Å². The highest BCUT2D eigenvalue weighted by molar-refractivity contribution is 7.22. The van der Waals surface area contributed by atoms with Crippen LogP contribution in [0.2, 0.25) is 5.02 Å². The summed E-state index contributed by atoms with van der Waals surface area (Å²) in [6.07, 6.45) is 0. The number of carbonyl (C=O) groups is 1. The van der Waals surface area contributed by atoms with E-state index in [0.717, 1.165) is 32.9 Å². The van der Waals surface area contributed by atoms with Gasteiger partial charge < -0.3 is 10.1 Å². The Morgan fingerprint density at radius 2 is 1.85 bits per heavy atom. The van der Waals surface area contributed by atoms with Crippen LogP contribution >= 0.6 is 22.9 Å². The Morgan fingerprint density at radius 1 is 1.09 bits per heavy atom. The Labute approximate surface area is 200 Å². The van der Waals surface area contributed by atoms with Gasteiger partial charge in [0.25, 0.3) is 0 Å². The van der Waals surface area contributed by atoms with Gasteiger partial charge in [-0.2, -0.15) is 5.10 Å². The quantitative estimate of drug-likeness (QED) is 0.375. The Balaban J connectivity index is 1.50. The van der Waals surface area contributed by atoms with Crippen LogP contribution in [0.1, 0.15) is 18.5 Å². The van der Waals surface area contributed by atoms with Gasteiger partial charge in [-0.1, -0.05) is 53.3 Å². The largest absolute Gasteiger partial charge is 0.497 e. The summed E-state index contributed by atoms with van der Waals surface area (Å²) in [5.74, 6) is 0.115. The highest BCUT2D eigenvalue weighted by Crippen LogP contribution is 2.40. The normalized spacial score (nSPS) is 17.8. The molecule has 6 nitrogen and oxygen atoms in total. The van der Waals surface area contributed by atoms with Crippen molar-refractivity contribution in [1.82, 2.24) is 4.98 Å². The molecule has 1 aliphatic rings. The van der Waals surface area contributed by atoms with Crippen LogP contribution in [-0.4, -0.2) is 23.7 Å². The van der Waals surface area contributed by atoms with Gasteiger partial charge >= 0.3 is 0 Å². The number of anilines is 2. The second-order valence-corrected chi connectivity index (χ2v) is 9.20. The van der Waals surface area contributed by atoms with E-state index in [-0.39, 0.29) is 11.9 Å². The molecular weight excluding hydrogens is 456 g/mol. The molecule has 0 aliphatic carbocycles. The van der Waals surface area contributed by atoms with E-state index < -0.39 is 5.92 Å². The van der Waals surface area contributed by atoms with Gasteiger partial charge in [-0.25, -0.2) is 4.98 Å². The fourth-order valence-electron chi connectivity index (χ4n) is 4.07. The van der Waals surface area contributed by atoms with Crippen molar-refractivity contribution < 1.29 is 9.53 Å². The molecule has 33 heavy (non-hydrogen) atoms. The van der Waals surface area contributed by atoms with Crippen LogP contribution in [0.15, 0.2) is 77.9 Å². The molecule has 0 fully saturated rings. The molecule has 4 aromatic rings. The lowest BCUT2D eigenvalue weighted by Gasteiger charge is -2.28. The van der Waals surface area contributed by atoms with Gasteiger partial charge in [0, 0.05) is 5.02 Å². The summed E-state index contributed by atoms with van der Waals surface area (Å²) < 4.78 is 6.24. The molecule has 0 radical (unpaired) electrons. The Bertz CT molecular complexity index is 1340. The van der Waals surface area contributed by atoms with Crippen LogP contribution in [0.3, 0.4) is 0 Å². The molecule has 1 aromatic heterocycles. The van der Waals surface area contributed by atoms with Crippen molar-refractivity contribution in [3.8, 4) is 5.75 Å². The van der Waals surface area contributed by atoms with E-state index in [4.69, 9.17) is 21.4 Å². The highest BCUT2D eigenvalue weighted by Gasteiger charge is 2.42. The summed E-state index contributed by atoms with van der Waals surface area (Å²) in [5, 5.41) is 10.9. The first kappa shape index (κ1) is 21.4. The van der Waals surface area contributed by atoms with Crippen LogP contribution in [0.4, 0.5) is 10.8 Å². The van der Waals surface area contributed by atoms with E-state index in [2.05, 4.69) is 10.3 Å². The van der Waals surface area contributed by atoms with E-state index in [1.807, 2.05) is 78.7 Å². The lowest BCUT2D eigenvalue weighted by atomic mass is 9.89. The molecule has 2 atom stereocenters. The minimum absolute atomic E-state index is 0.152. The van der Waals surface area contributed by atoms with E-state index in [1.165, 1.54) is 11.3 Å². The molecular formula is C25H21ClN4O2S. The first-order chi connectivity index (χ1) is 16.0. The molecule has 2 heterocycles. The number of hydrogen-bond acceptors (Lipinski definition) is 6. The fourth-order valence-corrected chi connectivity index (χ4v) is 5.21. The Kier molecular flexibility index (Phi) is 5.74. The SMILES string of the molecule is COc1ccc(C2C(C(=O)Nc3nc4ccc(Cl)cc4s3)C(C)=NN2c2ccccc2)cc1. The number of carbonyl (C=O) groups excluding carboxylic acids is 1. The highest BCUT2D eigenvalue weighted by atomic mass is 35.5. The van der Waals surface area contributed by atoms with Crippen molar-refractivity contribution in [2.24, 2.45) is 11.0 Å². The zero-order valence-corrected chi connectivity index (χ0v) is 19.6. The monoisotopic (exact) mass is 476 g/mol. The van der Waals surface area contributed by atoms with E-state index in [9.17, 15) is 4.79 Å². The van der Waals surface area contributed by atoms with Crippen molar-refractivity contribution in [3.63, 3.8) is 0 Å². The number of hydrazone groups is 1. The number of fused-ring (bicyclic) bond motifs is 1. The number of aromatic nitrogens is 1. The van der Waals surface area contributed by atoms with E-state index in [1.54, 1.807) is 13.2 Å². The van der Waals surface area contributed by atoms with Crippen LogP contribution in [-0.2, 0) is 4.79 Å². The van der Waals surface area contributed by atoms with Crippen LogP contribution in [0, 0.1) is 5.92 Å². The minimum Gasteiger partial charge on any atom is -0.497 e. The number of ether oxygens (including phenoxy) is 1. The summed E-state index contributed by atoms with van der Waals surface area (Å²) in [4.78, 5) is 18.1. The number of methoxy groups -OCH3 is 1. The second-order valence-electron chi connectivity index (χ2n) is 7.74. The number of hydrogen-bond donors (Lipinski definition) is 1. The number of amides is 1. The standard InChI is InChI=1S/C25H21ClN4O2S/c1-15-22(24(31)28-25-27-20-13-10-17(26)14-21(20)33-25)23(16-8-11-19(32-2)12-9-16)30(29-15)18-6-4-3-5-7-18/h3-14,22-23H,1-2H3,(H,27,28,31). The third-order valence-corrected chi connectivity index (χ3v) is 6.80. The number of rotatable bonds is 5. The maximum absolute atomic E-state index is 13.5. The van der Waals surface area contributed by atoms with Crippen LogP contribution in [0.25, 0.3) is 10.2 Å². The fraction of sp³-hybridized carbons (Fsp3) is 0.160. The molecule has 0 saturated heterocycles. The second kappa shape index (κ2) is 8.84. The summed E-state index contributed by atoms with van der Waals surface area (Å²) in [6, 6.07) is 22.8. The lowest BCUT2D eigenvalue weighted by Crippen LogP contribution is -2.34. The number of para-hydroxylation sites is 1. The van der Waals surface area contributed by atoms with Crippen molar-refractivity contribution in [3.05, 3.63) is 83.4 Å². The van der Waals surface area contributed by atoms with Crippen molar-refractivity contribution >= 4 is 55.6 Å². The number of halogens is 1. The van der Waals surface area contributed by atoms with Gasteiger partial charge in [0.2, 0.25) is 5.91 Å². The molecule has 2 unspecified atom stereocenters. The summed E-state index contributed by atoms with van der Waals surface area (Å²) in [7, 11) is 1.63. The third kappa shape index (κ3) is 4.17. The van der Waals surface area contributed by atoms with Crippen molar-refractivity contribution in [2.45, 2.75) is 13.0 Å². The molecule has 0 spiro atoms. The van der Waals surface area contributed by atoms with Crippen molar-refractivity contribution in [1.29, 1.82) is 0 Å². The maximum atomic E-state index is 13.5. The molecule has 1 N–H and O–H groups in total. The molecule has 8 heteroatoms. The summed E-state index contributed by atoms with van der Waals surface area (Å²) >= 11 is 7.50. The van der Waals surface area contributed by atoms with E-state index in [0.29, 0.717) is 10.2 Å². The average molecular weight is 477 g/mol. The zero-order chi connectivity index (χ0) is 22.9. The minimum atomic E-state index is -0.491. The van der Waals surface area contributed by atoms with Crippen LogP contribution < -0.4 is 15.1 Å². The molecule has 0 saturated carbocycles. The van der Waals surface area contributed by atoms with Gasteiger partial charge in [0.1, 0.15) is 11.7 Å². The van der Waals surface area contributed by atoms with Gasteiger partial charge in [0.05, 0.1) is 34.8 Å². The number of thiazole rings is 1. The van der Waals surface area contributed by atoms with Crippen LogP contribution in [0.5, 0.6) is 5.75 Å². The predicted octanol–water partition coefficient (Wildman–Crippen LogP) is 6.15. The lowest BCUT2D eigenvalue weighted by molar-refractivity contribution is -0.118. The predicted molar refractivity (Wildman–Crippen MR) is 135 cm³/mol. The number of nitrogens with one attached hydrogen (secondary N) is 1. The van der Waals surface area contributed by atoms with Gasteiger partial charge in [-0.3, -0.25) is 9.80 Å². The van der Waals surface area contributed by atoms with Crippen molar-refractivity contribution in [2.75, 3.05) is 17.4 Å². The first-order valence-corrected chi connectivity index (χ1v) is 11.6. The number of benzene rings is 3. The van der Waals surface area contributed by atoms with Gasteiger partial charge in [-0.15, -0.1) is 0 Å². The van der Waals surface area contributed by atoms with Gasteiger partial charge in [0.15, 0.2) is 5.13 Å². The smallest absolute Gasteiger partial charge is 0.237 e. The van der Waals surface area contributed by atoms with Gasteiger partial charge in [-0.05, 0) is 55.0 Å². The number of nitrogens with zero attached hydrogens (tertiary/aromatic N) is 3. The maximum Gasteiger partial charge on any atom is 0.237 e. The third-order valence-electron chi connectivity index (χ3n) is 5.64. The molecule has 5 rings (SSSR count). The zero-order valence-electron chi connectivity index (χ0n) is 18.0. The molecule has 0 bridgehead atoms. The molecule has 3 aromatic carbocycles. The average Bonchev–Trinajstić information content (AvgIpc) is 3.39. The summed E-state index contributed by atoms with van der Waals surface area (Å²) in [5.41, 5.74) is 3.43. The molecule has 1 aliphatic heterocycles.